The fourth-order valence-corrected chi connectivity index (χ4v) is 3.84. The van der Waals surface area contributed by atoms with Crippen molar-refractivity contribution in [3.63, 3.8) is 0 Å². The van der Waals surface area contributed by atoms with Crippen LogP contribution in [-0.2, 0) is 0 Å². The van der Waals surface area contributed by atoms with E-state index in [0.29, 0.717) is 0 Å². The van der Waals surface area contributed by atoms with E-state index in [1.165, 1.54) is 48.8 Å². The average Bonchev–Trinajstić information content (AvgIpc) is 2.96. The van der Waals surface area contributed by atoms with Crippen LogP contribution in [0.25, 0.3) is 5.57 Å². The van der Waals surface area contributed by atoms with Crippen LogP contribution in [0.1, 0.15) is 43.2 Å². The first kappa shape index (κ1) is 13.5. The van der Waals surface area contributed by atoms with Gasteiger partial charge >= 0.3 is 0 Å². The highest BCUT2D eigenvalue weighted by atomic mass is 14.9. The van der Waals surface area contributed by atoms with Gasteiger partial charge in [0.15, 0.2) is 0 Å². The monoisotopic (exact) mass is 287 g/mol. The lowest BCUT2D eigenvalue weighted by atomic mass is 9.75. The molecule has 1 nitrogen and oxygen atoms in total. The van der Waals surface area contributed by atoms with Crippen LogP contribution in [0.5, 0.6) is 0 Å². The van der Waals surface area contributed by atoms with Gasteiger partial charge in [0.2, 0.25) is 0 Å². The number of rotatable bonds is 2. The Labute approximate surface area is 132 Å². The molecule has 2 aromatic rings. The third kappa shape index (κ3) is 2.31. The van der Waals surface area contributed by atoms with Gasteiger partial charge in [-0.15, -0.1) is 0 Å². The van der Waals surface area contributed by atoms with E-state index < -0.39 is 0 Å². The van der Waals surface area contributed by atoms with Crippen LogP contribution in [-0.4, -0.2) is 11.3 Å². The van der Waals surface area contributed by atoms with Gasteiger partial charge in [-0.05, 0) is 35.6 Å². The first-order valence-corrected chi connectivity index (χ1v) is 8.30. The van der Waals surface area contributed by atoms with Crippen LogP contribution in [0.4, 0.5) is 0 Å². The van der Waals surface area contributed by atoms with Crippen LogP contribution in [0.3, 0.4) is 0 Å². The highest BCUT2D eigenvalue weighted by molar-refractivity contribution is 6.16. The Morgan fingerprint density at radius 3 is 1.91 bits per heavy atom. The summed E-state index contributed by atoms with van der Waals surface area (Å²) in [7, 11) is 0. The zero-order valence-electron chi connectivity index (χ0n) is 12.8. The molecule has 0 atom stereocenters. The second kappa shape index (κ2) is 5.57. The molecule has 0 N–H and O–H groups in total. The fraction of sp³-hybridized carbons (Fsp3) is 0.286. The number of nitrogens with zero attached hydrogens (tertiary/aromatic N) is 1. The third-order valence-corrected chi connectivity index (χ3v) is 4.95. The second-order valence-electron chi connectivity index (χ2n) is 6.38. The molecule has 0 amide bonds. The van der Waals surface area contributed by atoms with Crippen LogP contribution in [0.2, 0.25) is 0 Å². The summed E-state index contributed by atoms with van der Waals surface area (Å²) in [6.45, 7) is 0. The van der Waals surface area contributed by atoms with E-state index in [1.54, 1.807) is 0 Å². The van der Waals surface area contributed by atoms with Crippen molar-refractivity contribution >= 4 is 11.3 Å². The van der Waals surface area contributed by atoms with Crippen molar-refractivity contribution in [2.45, 2.75) is 37.6 Å². The summed E-state index contributed by atoms with van der Waals surface area (Å²) in [6.07, 6.45) is 8.62. The van der Waals surface area contributed by atoms with Crippen LogP contribution >= 0.6 is 0 Å². The molecule has 1 fully saturated rings. The van der Waals surface area contributed by atoms with E-state index in [4.69, 9.17) is 4.99 Å². The topological polar surface area (TPSA) is 12.4 Å². The molecule has 0 radical (unpaired) electrons. The molecule has 1 aliphatic heterocycles. The largest absolute Gasteiger partial charge is 0.273 e. The minimum atomic E-state index is 0.0186. The van der Waals surface area contributed by atoms with Crippen LogP contribution < -0.4 is 0 Å². The summed E-state index contributed by atoms with van der Waals surface area (Å²) in [5.41, 5.74) is 5.16. The Bertz CT molecular complexity index is 704. The van der Waals surface area contributed by atoms with Crippen LogP contribution in [0.15, 0.2) is 71.7 Å². The zero-order valence-corrected chi connectivity index (χ0v) is 12.8. The Morgan fingerprint density at radius 2 is 1.27 bits per heavy atom. The maximum atomic E-state index is 5.23. The molecule has 1 aliphatic carbocycles. The fourth-order valence-electron chi connectivity index (χ4n) is 3.84. The molecule has 1 spiro atoms. The van der Waals surface area contributed by atoms with Crippen molar-refractivity contribution in [3.8, 4) is 0 Å². The summed E-state index contributed by atoms with van der Waals surface area (Å²) in [6, 6.07) is 21.4. The van der Waals surface area contributed by atoms with Gasteiger partial charge in [-0.1, -0.05) is 79.9 Å². The van der Waals surface area contributed by atoms with Gasteiger partial charge in [-0.3, -0.25) is 4.99 Å². The molecule has 110 valence electrons. The quantitative estimate of drug-likeness (QED) is 0.713. The molecule has 2 aliphatic rings. The molecule has 1 heteroatoms. The van der Waals surface area contributed by atoms with Crippen molar-refractivity contribution < 1.29 is 0 Å². The van der Waals surface area contributed by atoms with Crippen molar-refractivity contribution in [1.82, 2.24) is 0 Å². The molecule has 0 saturated heterocycles. The average molecular weight is 287 g/mol. The van der Waals surface area contributed by atoms with E-state index in [1.807, 2.05) is 0 Å². The van der Waals surface area contributed by atoms with E-state index in [-0.39, 0.29) is 5.54 Å². The molecular formula is C21H21N. The maximum absolute atomic E-state index is 5.23. The summed E-state index contributed by atoms with van der Waals surface area (Å²) in [5.74, 6) is 0. The van der Waals surface area contributed by atoms with Gasteiger partial charge < -0.3 is 0 Å². The lowest BCUT2D eigenvalue weighted by Crippen LogP contribution is -2.29. The van der Waals surface area contributed by atoms with E-state index in [0.717, 1.165) is 5.71 Å². The molecule has 22 heavy (non-hydrogen) atoms. The van der Waals surface area contributed by atoms with Crippen molar-refractivity contribution in [1.29, 1.82) is 0 Å². The molecule has 4 rings (SSSR count). The molecule has 1 heterocycles. The standard InChI is InChI=1S/C21H21N/c1-4-10-17(11-5-1)19-16-20(18-12-6-2-7-13-18)22-21(19)14-8-3-9-15-21/h1-2,4-7,10-13,16H,3,8-9,14-15H2. The minimum Gasteiger partial charge on any atom is -0.273 e. The molecule has 1 saturated carbocycles. The Balaban J connectivity index is 1.81. The molecule has 0 unspecified atom stereocenters. The lowest BCUT2D eigenvalue weighted by Gasteiger charge is -2.33. The van der Waals surface area contributed by atoms with Crippen LogP contribution in [0, 0.1) is 0 Å². The van der Waals surface area contributed by atoms with Crippen molar-refractivity contribution in [3.05, 3.63) is 77.9 Å². The summed E-state index contributed by atoms with van der Waals surface area (Å²) >= 11 is 0. The number of hydrogen-bond acceptors (Lipinski definition) is 1. The van der Waals surface area contributed by atoms with Crippen molar-refractivity contribution in [2.75, 3.05) is 0 Å². The highest BCUT2D eigenvalue weighted by Crippen LogP contribution is 2.46. The Kier molecular flexibility index (Phi) is 3.42. The van der Waals surface area contributed by atoms with Gasteiger partial charge in [0.1, 0.15) is 0 Å². The highest BCUT2D eigenvalue weighted by Gasteiger charge is 2.39. The Morgan fingerprint density at radius 1 is 0.682 bits per heavy atom. The molecule has 0 bridgehead atoms. The van der Waals surface area contributed by atoms with Gasteiger partial charge in [0.05, 0.1) is 11.3 Å². The predicted octanol–water partition coefficient (Wildman–Crippen LogP) is 5.28. The van der Waals surface area contributed by atoms with Gasteiger partial charge in [0, 0.05) is 0 Å². The summed E-state index contributed by atoms with van der Waals surface area (Å²) in [5, 5.41) is 0. The van der Waals surface area contributed by atoms with E-state index in [9.17, 15) is 0 Å². The second-order valence-corrected chi connectivity index (χ2v) is 6.38. The summed E-state index contributed by atoms with van der Waals surface area (Å²) < 4.78 is 0. The first-order valence-electron chi connectivity index (χ1n) is 8.30. The maximum Gasteiger partial charge on any atom is 0.0870 e. The Hall–Kier alpha value is -2.15. The molecular weight excluding hydrogens is 266 g/mol. The summed E-state index contributed by atoms with van der Waals surface area (Å²) in [4.78, 5) is 5.23. The van der Waals surface area contributed by atoms with Crippen molar-refractivity contribution in [2.24, 2.45) is 4.99 Å². The first-order chi connectivity index (χ1) is 10.9. The van der Waals surface area contributed by atoms with Gasteiger partial charge in [-0.2, -0.15) is 0 Å². The van der Waals surface area contributed by atoms with E-state index in [2.05, 4.69) is 66.7 Å². The lowest BCUT2D eigenvalue weighted by molar-refractivity contribution is 0.376. The predicted molar refractivity (Wildman–Crippen MR) is 93.2 cm³/mol. The number of hydrogen-bond donors (Lipinski definition) is 0. The number of allylic oxidation sites excluding steroid dienone is 1. The smallest absolute Gasteiger partial charge is 0.0870 e. The SMILES string of the molecule is C1=C(c2ccccc2)C2(CCCCC2)N=C1c1ccccc1. The number of benzene rings is 2. The zero-order chi connectivity index (χ0) is 14.8. The molecule has 0 aromatic heterocycles. The normalized spacial score (nSPS) is 19.8. The minimum absolute atomic E-state index is 0.0186. The third-order valence-electron chi connectivity index (χ3n) is 4.95. The molecule has 2 aromatic carbocycles. The van der Waals surface area contributed by atoms with Gasteiger partial charge in [0.25, 0.3) is 0 Å². The van der Waals surface area contributed by atoms with Gasteiger partial charge in [-0.25, -0.2) is 0 Å². The number of aliphatic imine (C=N–C) groups is 1. The van der Waals surface area contributed by atoms with E-state index >= 15 is 0 Å².